The summed E-state index contributed by atoms with van der Waals surface area (Å²) < 4.78 is 0.846. The van der Waals surface area contributed by atoms with Crippen LogP contribution in [0, 0.1) is 6.92 Å². The summed E-state index contributed by atoms with van der Waals surface area (Å²) >= 11 is 3.34. The Morgan fingerprint density at radius 3 is 2.68 bits per heavy atom. The third-order valence-corrected chi connectivity index (χ3v) is 3.60. The Labute approximate surface area is 121 Å². The maximum Gasteiger partial charge on any atom is 0.252 e. The van der Waals surface area contributed by atoms with Crippen LogP contribution in [0.2, 0.25) is 0 Å². The van der Waals surface area contributed by atoms with Crippen molar-refractivity contribution in [3.8, 4) is 0 Å². The highest BCUT2D eigenvalue weighted by Crippen LogP contribution is 2.19. The molecule has 5 heteroatoms. The number of carbonyl (C=O) groups is 2. The van der Waals surface area contributed by atoms with Crippen molar-refractivity contribution in [3.63, 3.8) is 0 Å². The number of nitrogens with one attached hydrogen (secondary N) is 2. The Morgan fingerprint density at radius 1 is 1.37 bits per heavy atom. The molecule has 0 spiro atoms. The molecule has 0 radical (unpaired) electrons. The van der Waals surface area contributed by atoms with E-state index in [9.17, 15) is 9.59 Å². The van der Waals surface area contributed by atoms with E-state index in [4.69, 9.17) is 0 Å². The third kappa shape index (κ3) is 3.80. The molecule has 1 atom stereocenters. The molecule has 0 bridgehead atoms. The van der Waals surface area contributed by atoms with Crippen LogP contribution in [0.4, 0.5) is 0 Å². The summed E-state index contributed by atoms with van der Waals surface area (Å²) in [5.74, 6) is -0.347. The normalized spacial score (nSPS) is 15.7. The van der Waals surface area contributed by atoms with Gasteiger partial charge in [0.1, 0.15) is 6.04 Å². The van der Waals surface area contributed by atoms with Crippen molar-refractivity contribution in [1.29, 1.82) is 0 Å². The van der Waals surface area contributed by atoms with E-state index in [1.54, 1.807) is 13.0 Å². The molecule has 1 aromatic rings. The third-order valence-electron chi connectivity index (χ3n) is 3.11. The molecule has 102 valence electrons. The average Bonchev–Trinajstić information content (AvgIpc) is 3.15. The molecule has 0 aromatic heterocycles. The van der Waals surface area contributed by atoms with Gasteiger partial charge >= 0.3 is 0 Å². The van der Waals surface area contributed by atoms with Crippen LogP contribution in [-0.4, -0.2) is 23.9 Å². The molecule has 1 aliphatic rings. The van der Waals surface area contributed by atoms with E-state index in [2.05, 4.69) is 26.6 Å². The molecule has 2 amide bonds. The summed E-state index contributed by atoms with van der Waals surface area (Å²) in [6, 6.07) is 5.30. The summed E-state index contributed by atoms with van der Waals surface area (Å²) in [5, 5.41) is 5.60. The van der Waals surface area contributed by atoms with Crippen molar-refractivity contribution in [2.75, 3.05) is 0 Å². The van der Waals surface area contributed by atoms with E-state index in [0.29, 0.717) is 11.6 Å². The van der Waals surface area contributed by atoms with Crippen LogP contribution in [0.15, 0.2) is 22.7 Å². The van der Waals surface area contributed by atoms with E-state index >= 15 is 0 Å². The molecule has 2 N–H and O–H groups in total. The number of halogens is 1. The molecule has 19 heavy (non-hydrogen) atoms. The lowest BCUT2D eigenvalue weighted by molar-refractivity contribution is -0.122. The van der Waals surface area contributed by atoms with E-state index in [-0.39, 0.29) is 11.8 Å². The van der Waals surface area contributed by atoms with Crippen molar-refractivity contribution in [2.24, 2.45) is 0 Å². The van der Waals surface area contributed by atoms with Crippen LogP contribution in [-0.2, 0) is 4.79 Å². The first-order valence-electron chi connectivity index (χ1n) is 6.35. The SMILES string of the molecule is Cc1ccc(Br)cc1C(=O)NC(C)C(=O)NC1CC1. The first kappa shape index (κ1) is 14.1. The fourth-order valence-corrected chi connectivity index (χ4v) is 2.09. The van der Waals surface area contributed by atoms with Gasteiger partial charge < -0.3 is 10.6 Å². The van der Waals surface area contributed by atoms with Crippen LogP contribution < -0.4 is 10.6 Å². The number of rotatable bonds is 4. The second kappa shape index (κ2) is 5.74. The van der Waals surface area contributed by atoms with Crippen LogP contribution in [0.25, 0.3) is 0 Å². The highest BCUT2D eigenvalue weighted by molar-refractivity contribution is 9.10. The Morgan fingerprint density at radius 2 is 2.05 bits per heavy atom. The van der Waals surface area contributed by atoms with Gasteiger partial charge in [0.05, 0.1) is 0 Å². The lowest BCUT2D eigenvalue weighted by Gasteiger charge is -2.15. The van der Waals surface area contributed by atoms with Crippen molar-refractivity contribution in [1.82, 2.24) is 10.6 Å². The topological polar surface area (TPSA) is 58.2 Å². The zero-order chi connectivity index (χ0) is 14.0. The Kier molecular flexibility index (Phi) is 4.24. The first-order valence-corrected chi connectivity index (χ1v) is 7.14. The van der Waals surface area contributed by atoms with Crippen LogP contribution >= 0.6 is 15.9 Å². The minimum atomic E-state index is -0.522. The van der Waals surface area contributed by atoms with Crippen molar-refractivity contribution < 1.29 is 9.59 Å². The lowest BCUT2D eigenvalue weighted by atomic mass is 10.1. The molecule has 1 unspecified atom stereocenters. The van der Waals surface area contributed by atoms with E-state index in [0.717, 1.165) is 22.9 Å². The van der Waals surface area contributed by atoms with Gasteiger partial charge in [-0.25, -0.2) is 0 Å². The number of aryl methyl sites for hydroxylation is 1. The second-order valence-corrected chi connectivity index (χ2v) is 5.85. The smallest absolute Gasteiger partial charge is 0.252 e. The molecule has 2 rings (SSSR count). The number of carbonyl (C=O) groups excluding carboxylic acids is 2. The molecule has 1 aliphatic carbocycles. The second-order valence-electron chi connectivity index (χ2n) is 4.94. The minimum Gasteiger partial charge on any atom is -0.352 e. The molecular formula is C14H17BrN2O2. The van der Waals surface area contributed by atoms with Gasteiger partial charge in [0.25, 0.3) is 5.91 Å². The fourth-order valence-electron chi connectivity index (χ4n) is 1.73. The highest BCUT2D eigenvalue weighted by atomic mass is 79.9. The van der Waals surface area contributed by atoms with Gasteiger partial charge in [-0.2, -0.15) is 0 Å². The predicted molar refractivity (Wildman–Crippen MR) is 77.0 cm³/mol. The standard InChI is InChI=1S/C14H17BrN2O2/c1-8-3-4-10(15)7-12(8)14(19)16-9(2)13(18)17-11-5-6-11/h3-4,7,9,11H,5-6H2,1-2H3,(H,16,19)(H,17,18). The summed E-state index contributed by atoms with van der Waals surface area (Å²) in [6.45, 7) is 3.57. The van der Waals surface area contributed by atoms with Crippen molar-refractivity contribution >= 4 is 27.7 Å². The predicted octanol–water partition coefficient (Wildman–Crippen LogP) is 2.15. The Balaban J connectivity index is 1.99. The van der Waals surface area contributed by atoms with E-state index < -0.39 is 6.04 Å². The van der Waals surface area contributed by atoms with Gasteiger partial charge in [-0.15, -0.1) is 0 Å². The van der Waals surface area contributed by atoms with Crippen molar-refractivity contribution in [2.45, 2.75) is 38.8 Å². The number of hydrogen-bond acceptors (Lipinski definition) is 2. The zero-order valence-electron chi connectivity index (χ0n) is 11.0. The average molecular weight is 325 g/mol. The van der Waals surface area contributed by atoms with Crippen LogP contribution in [0.1, 0.15) is 35.7 Å². The maximum atomic E-state index is 12.1. The van der Waals surface area contributed by atoms with Crippen LogP contribution in [0.3, 0.4) is 0 Å². The Hall–Kier alpha value is -1.36. The molecule has 1 fully saturated rings. The number of amides is 2. The fraction of sp³-hybridized carbons (Fsp3) is 0.429. The number of benzene rings is 1. The monoisotopic (exact) mass is 324 g/mol. The molecule has 1 saturated carbocycles. The molecule has 4 nitrogen and oxygen atoms in total. The summed E-state index contributed by atoms with van der Waals surface area (Å²) in [6.07, 6.45) is 2.08. The van der Waals surface area contributed by atoms with Gasteiger partial charge in [-0.3, -0.25) is 9.59 Å². The molecular weight excluding hydrogens is 308 g/mol. The molecule has 0 heterocycles. The molecule has 0 saturated heterocycles. The molecule has 1 aromatic carbocycles. The lowest BCUT2D eigenvalue weighted by Crippen LogP contribution is -2.45. The van der Waals surface area contributed by atoms with Gasteiger partial charge in [0.15, 0.2) is 0 Å². The quantitative estimate of drug-likeness (QED) is 0.891. The van der Waals surface area contributed by atoms with Gasteiger partial charge in [-0.1, -0.05) is 22.0 Å². The summed E-state index contributed by atoms with van der Waals surface area (Å²) in [7, 11) is 0. The largest absolute Gasteiger partial charge is 0.352 e. The van der Waals surface area contributed by atoms with Crippen molar-refractivity contribution in [3.05, 3.63) is 33.8 Å². The van der Waals surface area contributed by atoms with Gasteiger partial charge in [0.2, 0.25) is 5.91 Å². The van der Waals surface area contributed by atoms with E-state index in [1.807, 2.05) is 19.1 Å². The van der Waals surface area contributed by atoms with Crippen LogP contribution in [0.5, 0.6) is 0 Å². The minimum absolute atomic E-state index is 0.122. The summed E-state index contributed by atoms with van der Waals surface area (Å²) in [4.78, 5) is 23.9. The highest BCUT2D eigenvalue weighted by Gasteiger charge is 2.26. The first-order chi connectivity index (χ1) is 8.97. The maximum absolute atomic E-state index is 12.1. The summed E-state index contributed by atoms with van der Waals surface area (Å²) in [5.41, 5.74) is 1.47. The van der Waals surface area contributed by atoms with Gasteiger partial charge in [0, 0.05) is 16.1 Å². The number of hydrogen-bond donors (Lipinski definition) is 2. The van der Waals surface area contributed by atoms with Gasteiger partial charge in [-0.05, 0) is 44.4 Å². The zero-order valence-corrected chi connectivity index (χ0v) is 12.6. The van der Waals surface area contributed by atoms with E-state index in [1.165, 1.54) is 0 Å². The molecule has 0 aliphatic heterocycles. The Bertz CT molecular complexity index is 512.